The summed E-state index contributed by atoms with van der Waals surface area (Å²) in [5.41, 5.74) is 1.49. The van der Waals surface area contributed by atoms with Crippen LogP contribution in [0.5, 0.6) is 0 Å². The predicted molar refractivity (Wildman–Crippen MR) is 65.0 cm³/mol. The van der Waals surface area contributed by atoms with Crippen LogP contribution in [0.1, 0.15) is 16.1 Å². The topological polar surface area (TPSA) is 87.5 Å². The van der Waals surface area contributed by atoms with Crippen molar-refractivity contribution in [2.75, 3.05) is 0 Å². The van der Waals surface area contributed by atoms with Gasteiger partial charge in [-0.2, -0.15) is 0 Å². The van der Waals surface area contributed by atoms with Gasteiger partial charge in [0.25, 0.3) is 5.56 Å². The molecule has 0 amide bonds. The summed E-state index contributed by atoms with van der Waals surface area (Å²) < 4.78 is 1.14. The van der Waals surface area contributed by atoms with Gasteiger partial charge in [0.15, 0.2) is 5.65 Å². The number of carbonyl (C=O) groups is 1. The average Bonchev–Trinajstić information content (AvgIpc) is 2.73. The second-order valence-corrected chi connectivity index (χ2v) is 4.11. The summed E-state index contributed by atoms with van der Waals surface area (Å²) in [5, 5.41) is 11.9. The Balaban J connectivity index is 2.48. The van der Waals surface area contributed by atoms with Crippen LogP contribution in [0, 0.1) is 6.92 Å². The van der Waals surface area contributed by atoms with E-state index in [1.165, 1.54) is 6.07 Å². The number of H-pyrrole nitrogens is 1. The van der Waals surface area contributed by atoms with Crippen LogP contribution in [0.25, 0.3) is 16.6 Å². The molecule has 0 spiro atoms. The van der Waals surface area contributed by atoms with E-state index in [0.717, 1.165) is 10.1 Å². The molecule has 1 aromatic carbocycles. The normalized spacial score (nSPS) is 11.2. The number of aromatic carboxylic acids is 1. The van der Waals surface area contributed by atoms with Gasteiger partial charge in [0.2, 0.25) is 0 Å². The van der Waals surface area contributed by atoms with Crippen LogP contribution in [-0.2, 0) is 0 Å². The van der Waals surface area contributed by atoms with Crippen LogP contribution in [0.4, 0.5) is 0 Å². The van der Waals surface area contributed by atoms with Gasteiger partial charge in [-0.3, -0.25) is 9.89 Å². The number of nitrogens with zero attached hydrogens (tertiary/aromatic N) is 2. The summed E-state index contributed by atoms with van der Waals surface area (Å²) in [6, 6.07) is 6.64. The molecule has 0 bridgehead atoms. The van der Waals surface area contributed by atoms with Gasteiger partial charge in [0, 0.05) is 6.07 Å². The number of aromatic amines is 1. The first-order chi connectivity index (χ1) is 8.56. The van der Waals surface area contributed by atoms with Crippen LogP contribution in [0.15, 0.2) is 29.1 Å². The molecule has 0 saturated carbocycles. The van der Waals surface area contributed by atoms with Crippen LogP contribution in [0.3, 0.4) is 0 Å². The zero-order valence-corrected chi connectivity index (χ0v) is 9.47. The van der Waals surface area contributed by atoms with Gasteiger partial charge in [-0.1, -0.05) is 6.07 Å². The second-order valence-electron chi connectivity index (χ2n) is 4.11. The van der Waals surface area contributed by atoms with E-state index in [9.17, 15) is 9.59 Å². The molecule has 0 aliphatic heterocycles. The molecule has 2 heterocycles. The van der Waals surface area contributed by atoms with E-state index in [1.807, 2.05) is 13.0 Å². The number of hydrogen-bond donors (Lipinski definition) is 2. The van der Waals surface area contributed by atoms with Gasteiger partial charge < -0.3 is 5.11 Å². The van der Waals surface area contributed by atoms with Crippen LogP contribution in [0.2, 0.25) is 0 Å². The Kier molecular flexibility index (Phi) is 2.00. The predicted octanol–water partition coefficient (Wildman–Crippen LogP) is 1.18. The molecule has 3 aromatic rings. The Morgan fingerprint density at radius 3 is 2.89 bits per heavy atom. The molecule has 6 heteroatoms. The maximum atomic E-state index is 12.1. The number of aryl methyl sites for hydroxylation is 1. The molecule has 0 unspecified atom stereocenters. The van der Waals surface area contributed by atoms with Crippen molar-refractivity contribution < 1.29 is 9.90 Å². The summed E-state index contributed by atoms with van der Waals surface area (Å²) in [6.45, 7) is 1.91. The van der Waals surface area contributed by atoms with Gasteiger partial charge >= 0.3 is 5.97 Å². The van der Waals surface area contributed by atoms with Crippen LogP contribution >= 0.6 is 0 Å². The minimum absolute atomic E-state index is 0.0633. The monoisotopic (exact) mass is 243 g/mol. The fourth-order valence-corrected chi connectivity index (χ4v) is 1.91. The highest BCUT2D eigenvalue weighted by atomic mass is 16.4. The number of nitrogens with one attached hydrogen (secondary N) is 1. The summed E-state index contributed by atoms with van der Waals surface area (Å²) >= 11 is 0. The maximum absolute atomic E-state index is 12.1. The second kappa shape index (κ2) is 3.43. The van der Waals surface area contributed by atoms with Gasteiger partial charge in [-0.05, 0) is 24.6 Å². The zero-order chi connectivity index (χ0) is 12.9. The molecule has 2 N–H and O–H groups in total. The van der Waals surface area contributed by atoms with Crippen molar-refractivity contribution >= 4 is 22.5 Å². The molecule has 0 aliphatic carbocycles. The fourth-order valence-electron chi connectivity index (χ4n) is 1.91. The average molecular weight is 243 g/mol. The molecule has 90 valence electrons. The maximum Gasteiger partial charge on any atom is 0.353 e. The molecular weight excluding hydrogens is 234 g/mol. The van der Waals surface area contributed by atoms with Crippen molar-refractivity contribution in [3.8, 4) is 0 Å². The van der Waals surface area contributed by atoms with Gasteiger partial charge in [0.1, 0.15) is 5.69 Å². The highest BCUT2D eigenvalue weighted by Gasteiger charge is 2.11. The number of fused-ring (bicyclic) bond motifs is 2. The highest BCUT2D eigenvalue weighted by Crippen LogP contribution is 2.12. The smallest absolute Gasteiger partial charge is 0.353 e. The molecule has 0 aliphatic rings. The molecule has 0 saturated heterocycles. The van der Waals surface area contributed by atoms with Crippen LogP contribution in [-0.4, -0.2) is 25.7 Å². The lowest BCUT2D eigenvalue weighted by Gasteiger charge is -1.99. The molecule has 3 rings (SSSR count). The number of carboxylic acid groups (broad SMARTS) is 1. The molecule has 2 aromatic heterocycles. The summed E-state index contributed by atoms with van der Waals surface area (Å²) in [5.74, 6) is -1.12. The summed E-state index contributed by atoms with van der Waals surface area (Å²) in [6.07, 6.45) is 0. The Morgan fingerprint density at radius 1 is 1.39 bits per heavy atom. The van der Waals surface area contributed by atoms with Crippen molar-refractivity contribution in [2.24, 2.45) is 0 Å². The van der Waals surface area contributed by atoms with Gasteiger partial charge in [-0.15, -0.1) is 0 Å². The lowest BCUT2D eigenvalue weighted by Crippen LogP contribution is -2.15. The minimum Gasteiger partial charge on any atom is -0.477 e. The van der Waals surface area contributed by atoms with Crippen molar-refractivity contribution in [3.05, 3.63) is 45.9 Å². The fraction of sp³-hybridized carbons (Fsp3) is 0.0833. The first-order valence-electron chi connectivity index (χ1n) is 5.32. The van der Waals surface area contributed by atoms with Crippen molar-refractivity contribution in [1.29, 1.82) is 0 Å². The van der Waals surface area contributed by atoms with E-state index in [4.69, 9.17) is 5.11 Å². The van der Waals surface area contributed by atoms with E-state index in [2.05, 4.69) is 10.1 Å². The quantitative estimate of drug-likeness (QED) is 0.671. The first kappa shape index (κ1) is 10.5. The zero-order valence-electron chi connectivity index (χ0n) is 9.47. The van der Waals surface area contributed by atoms with E-state index in [0.29, 0.717) is 16.6 Å². The van der Waals surface area contributed by atoms with Crippen LogP contribution < -0.4 is 5.56 Å². The number of carboxylic acids is 1. The lowest BCUT2D eigenvalue weighted by atomic mass is 10.2. The van der Waals surface area contributed by atoms with Crippen molar-refractivity contribution in [1.82, 2.24) is 14.6 Å². The van der Waals surface area contributed by atoms with E-state index < -0.39 is 5.97 Å². The number of aromatic nitrogens is 3. The first-order valence-corrected chi connectivity index (χ1v) is 5.32. The molecule has 18 heavy (non-hydrogen) atoms. The molecule has 0 atom stereocenters. The van der Waals surface area contributed by atoms with Gasteiger partial charge in [0.05, 0.1) is 10.9 Å². The van der Waals surface area contributed by atoms with E-state index in [-0.39, 0.29) is 11.3 Å². The Hall–Kier alpha value is -2.63. The summed E-state index contributed by atoms with van der Waals surface area (Å²) in [7, 11) is 0. The molecule has 6 nitrogen and oxygen atoms in total. The third kappa shape index (κ3) is 1.39. The minimum atomic E-state index is -1.12. The standard InChI is InChI=1S/C12H9N3O3/c1-6-2-3-7-8(4-6)13-10-5-9(12(17)18)14-15(10)11(7)16/h2-5,14H,1H3,(H,17,18). The SMILES string of the molecule is Cc1ccc2c(=O)n3[nH]c(C(=O)O)cc3nc2c1. The van der Waals surface area contributed by atoms with E-state index >= 15 is 0 Å². The largest absolute Gasteiger partial charge is 0.477 e. The number of benzene rings is 1. The van der Waals surface area contributed by atoms with E-state index in [1.54, 1.807) is 12.1 Å². The van der Waals surface area contributed by atoms with Crippen molar-refractivity contribution in [3.63, 3.8) is 0 Å². The number of rotatable bonds is 1. The third-order valence-corrected chi connectivity index (χ3v) is 2.79. The summed E-state index contributed by atoms with van der Waals surface area (Å²) in [4.78, 5) is 27.3. The van der Waals surface area contributed by atoms with Crippen molar-refractivity contribution in [2.45, 2.75) is 6.92 Å². The Morgan fingerprint density at radius 2 is 2.17 bits per heavy atom. The third-order valence-electron chi connectivity index (χ3n) is 2.79. The number of hydrogen-bond acceptors (Lipinski definition) is 3. The van der Waals surface area contributed by atoms with Gasteiger partial charge in [-0.25, -0.2) is 14.3 Å². The Bertz CT molecular complexity index is 845. The highest BCUT2D eigenvalue weighted by molar-refractivity contribution is 5.87. The molecular formula is C12H9N3O3. The molecule has 0 radical (unpaired) electrons. The Labute approximate surface area is 100 Å². The lowest BCUT2D eigenvalue weighted by molar-refractivity contribution is 0.0690. The molecule has 0 fully saturated rings.